The molecular formula is C18H23N3OS. The highest BCUT2D eigenvalue weighted by Crippen LogP contribution is 2.27. The molecule has 1 aromatic carbocycles. The standard InChI is InChI=1S/C18H23N3OS/c1-13-16(23-18(19)20-13)17(22)21-12-6-5-9-15(21)11-10-14-7-3-2-4-8-14/h2-4,7-8,15H,5-6,9-12H2,1H3,(H2,19,20). The Balaban J connectivity index is 1.71. The molecule has 0 saturated carbocycles. The second-order valence-electron chi connectivity index (χ2n) is 6.14. The van der Waals surface area contributed by atoms with Crippen LogP contribution in [0, 0.1) is 6.92 Å². The van der Waals surface area contributed by atoms with Crippen molar-refractivity contribution in [1.29, 1.82) is 0 Å². The molecule has 1 unspecified atom stereocenters. The van der Waals surface area contributed by atoms with Crippen LogP contribution in [0.25, 0.3) is 0 Å². The van der Waals surface area contributed by atoms with Gasteiger partial charge in [0, 0.05) is 12.6 Å². The number of thiazole rings is 1. The molecule has 1 aromatic heterocycles. The monoisotopic (exact) mass is 329 g/mol. The first-order valence-electron chi connectivity index (χ1n) is 8.23. The van der Waals surface area contributed by atoms with Crippen molar-refractivity contribution in [3.8, 4) is 0 Å². The number of carbonyl (C=O) groups excluding carboxylic acids is 1. The third-order valence-corrected chi connectivity index (χ3v) is 5.48. The van der Waals surface area contributed by atoms with Gasteiger partial charge in [0.05, 0.1) is 5.69 Å². The molecular weight excluding hydrogens is 306 g/mol. The molecule has 2 aromatic rings. The maximum atomic E-state index is 12.9. The molecule has 4 nitrogen and oxygen atoms in total. The lowest BCUT2D eigenvalue weighted by molar-refractivity contribution is 0.0606. The van der Waals surface area contributed by atoms with E-state index in [-0.39, 0.29) is 5.91 Å². The van der Waals surface area contributed by atoms with Crippen LogP contribution in [-0.2, 0) is 6.42 Å². The Kier molecular flexibility index (Phi) is 4.96. The topological polar surface area (TPSA) is 59.2 Å². The molecule has 0 bridgehead atoms. The first-order valence-corrected chi connectivity index (χ1v) is 9.04. The first-order chi connectivity index (χ1) is 11.1. The van der Waals surface area contributed by atoms with Gasteiger partial charge in [0.15, 0.2) is 5.13 Å². The van der Waals surface area contributed by atoms with E-state index in [1.165, 1.54) is 23.3 Å². The number of anilines is 1. The maximum Gasteiger partial charge on any atom is 0.266 e. The SMILES string of the molecule is Cc1nc(N)sc1C(=O)N1CCCCC1CCc1ccccc1. The molecule has 2 N–H and O–H groups in total. The van der Waals surface area contributed by atoms with Gasteiger partial charge < -0.3 is 10.6 Å². The van der Waals surface area contributed by atoms with Crippen molar-refractivity contribution in [1.82, 2.24) is 9.88 Å². The van der Waals surface area contributed by atoms with E-state index in [2.05, 4.69) is 29.2 Å². The predicted octanol–water partition coefficient (Wildman–Crippen LogP) is 3.66. The van der Waals surface area contributed by atoms with E-state index in [1.54, 1.807) is 0 Å². The lowest BCUT2D eigenvalue weighted by Crippen LogP contribution is -2.43. The third-order valence-electron chi connectivity index (χ3n) is 4.50. The van der Waals surface area contributed by atoms with Crippen molar-refractivity contribution in [3.05, 3.63) is 46.5 Å². The minimum atomic E-state index is 0.106. The smallest absolute Gasteiger partial charge is 0.266 e. The van der Waals surface area contributed by atoms with E-state index < -0.39 is 0 Å². The van der Waals surface area contributed by atoms with Crippen LogP contribution in [0.15, 0.2) is 30.3 Å². The summed E-state index contributed by atoms with van der Waals surface area (Å²) in [4.78, 5) is 19.8. The average molecular weight is 329 g/mol. The molecule has 2 heterocycles. The van der Waals surface area contributed by atoms with Crippen LogP contribution >= 0.6 is 11.3 Å². The normalized spacial score (nSPS) is 18.1. The Bertz CT molecular complexity index is 668. The fraction of sp³-hybridized carbons (Fsp3) is 0.444. The molecule has 3 rings (SSSR count). The number of piperidine rings is 1. The van der Waals surface area contributed by atoms with Gasteiger partial charge in [-0.15, -0.1) is 0 Å². The Morgan fingerprint density at radius 3 is 2.83 bits per heavy atom. The number of nitrogens with zero attached hydrogens (tertiary/aromatic N) is 2. The van der Waals surface area contributed by atoms with Crippen molar-refractivity contribution in [2.75, 3.05) is 12.3 Å². The number of rotatable bonds is 4. The van der Waals surface area contributed by atoms with E-state index in [9.17, 15) is 4.79 Å². The van der Waals surface area contributed by atoms with Gasteiger partial charge >= 0.3 is 0 Å². The summed E-state index contributed by atoms with van der Waals surface area (Å²) in [6.45, 7) is 2.71. The minimum Gasteiger partial charge on any atom is -0.375 e. The highest BCUT2D eigenvalue weighted by atomic mass is 32.1. The van der Waals surface area contributed by atoms with Crippen molar-refractivity contribution in [2.45, 2.75) is 45.1 Å². The van der Waals surface area contributed by atoms with Crippen LogP contribution in [0.3, 0.4) is 0 Å². The van der Waals surface area contributed by atoms with Gasteiger partial charge in [-0.2, -0.15) is 0 Å². The molecule has 122 valence electrons. The maximum absolute atomic E-state index is 12.9. The number of aryl methyl sites for hydroxylation is 2. The van der Waals surface area contributed by atoms with E-state index in [0.29, 0.717) is 16.1 Å². The molecule has 0 radical (unpaired) electrons. The average Bonchev–Trinajstić information content (AvgIpc) is 2.92. The highest BCUT2D eigenvalue weighted by molar-refractivity contribution is 7.17. The Labute approximate surface area is 141 Å². The lowest BCUT2D eigenvalue weighted by Gasteiger charge is -2.35. The minimum absolute atomic E-state index is 0.106. The Hall–Kier alpha value is -1.88. The van der Waals surface area contributed by atoms with Crippen LogP contribution in [0.5, 0.6) is 0 Å². The summed E-state index contributed by atoms with van der Waals surface area (Å²) >= 11 is 1.31. The summed E-state index contributed by atoms with van der Waals surface area (Å²) in [5.41, 5.74) is 7.84. The second kappa shape index (κ2) is 7.13. The second-order valence-corrected chi connectivity index (χ2v) is 7.17. The highest BCUT2D eigenvalue weighted by Gasteiger charge is 2.29. The van der Waals surface area contributed by atoms with E-state index >= 15 is 0 Å². The van der Waals surface area contributed by atoms with Crippen LogP contribution < -0.4 is 5.73 Å². The fourth-order valence-corrected chi connectivity index (χ4v) is 4.08. The number of hydrogen-bond donors (Lipinski definition) is 1. The van der Waals surface area contributed by atoms with E-state index in [0.717, 1.165) is 37.9 Å². The van der Waals surface area contributed by atoms with Crippen molar-refractivity contribution in [3.63, 3.8) is 0 Å². The molecule has 0 spiro atoms. The molecule has 1 amide bonds. The number of likely N-dealkylation sites (tertiary alicyclic amines) is 1. The largest absolute Gasteiger partial charge is 0.375 e. The van der Waals surface area contributed by atoms with E-state index in [4.69, 9.17) is 5.73 Å². The van der Waals surface area contributed by atoms with Crippen molar-refractivity contribution in [2.24, 2.45) is 0 Å². The molecule has 23 heavy (non-hydrogen) atoms. The summed E-state index contributed by atoms with van der Waals surface area (Å²) in [5.74, 6) is 0.106. The molecule has 5 heteroatoms. The number of hydrogen-bond acceptors (Lipinski definition) is 4. The van der Waals surface area contributed by atoms with Gasteiger partial charge in [0.25, 0.3) is 5.91 Å². The van der Waals surface area contributed by atoms with Gasteiger partial charge in [0.2, 0.25) is 0 Å². The van der Waals surface area contributed by atoms with E-state index in [1.807, 2.05) is 17.9 Å². The molecule has 1 fully saturated rings. The van der Waals surface area contributed by atoms with Crippen LogP contribution in [-0.4, -0.2) is 28.4 Å². The van der Waals surface area contributed by atoms with Gasteiger partial charge in [0.1, 0.15) is 4.88 Å². The summed E-state index contributed by atoms with van der Waals surface area (Å²) < 4.78 is 0. The molecule has 1 aliphatic heterocycles. The Morgan fingerprint density at radius 1 is 1.35 bits per heavy atom. The number of amides is 1. The van der Waals surface area contributed by atoms with Crippen LogP contribution in [0.4, 0.5) is 5.13 Å². The van der Waals surface area contributed by atoms with Crippen LogP contribution in [0.2, 0.25) is 0 Å². The predicted molar refractivity (Wildman–Crippen MR) is 94.7 cm³/mol. The molecule has 1 aliphatic rings. The molecule has 1 atom stereocenters. The zero-order chi connectivity index (χ0) is 16.2. The lowest BCUT2D eigenvalue weighted by atomic mass is 9.95. The quantitative estimate of drug-likeness (QED) is 0.931. The number of nitrogens with two attached hydrogens (primary N) is 1. The molecule has 1 saturated heterocycles. The van der Waals surface area contributed by atoms with Gasteiger partial charge in [-0.05, 0) is 44.6 Å². The third kappa shape index (κ3) is 3.72. The number of carbonyl (C=O) groups is 1. The fourth-order valence-electron chi connectivity index (χ4n) is 3.29. The van der Waals surface area contributed by atoms with Crippen LogP contribution in [0.1, 0.15) is 46.6 Å². The zero-order valence-electron chi connectivity index (χ0n) is 13.5. The zero-order valence-corrected chi connectivity index (χ0v) is 14.3. The summed E-state index contributed by atoms with van der Waals surface area (Å²) in [7, 11) is 0. The summed E-state index contributed by atoms with van der Waals surface area (Å²) in [6.07, 6.45) is 5.40. The summed E-state index contributed by atoms with van der Waals surface area (Å²) in [6, 6.07) is 10.8. The number of benzene rings is 1. The van der Waals surface area contributed by atoms with Crippen molar-refractivity contribution >= 4 is 22.4 Å². The van der Waals surface area contributed by atoms with Gasteiger partial charge in [-0.3, -0.25) is 4.79 Å². The van der Waals surface area contributed by atoms with Crippen molar-refractivity contribution < 1.29 is 4.79 Å². The number of nitrogen functional groups attached to an aromatic ring is 1. The summed E-state index contributed by atoms with van der Waals surface area (Å²) in [5, 5.41) is 0.476. The molecule has 0 aliphatic carbocycles. The van der Waals surface area contributed by atoms with Gasteiger partial charge in [-0.1, -0.05) is 41.7 Å². The Morgan fingerprint density at radius 2 is 2.13 bits per heavy atom. The van der Waals surface area contributed by atoms with Gasteiger partial charge in [-0.25, -0.2) is 4.98 Å². The first kappa shape index (κ1) is 16.0. The number of aromatic nitrogens is 1.